The standard InChI is InChI=1S/C17H20N6O/c1-10(13-5-3-4-8-20-13)21-15-12-7-6-11(16(24)19-2)9-14(12)22-17(18)23-15/h3-10,16,19,24H,1-2H3,(H3,18,21,22,23). The van der Waals surface area contributed by atoms with Gasteiger partial charge in [-0.05, 0) is 43.8 Å². The van der Waals surface area contributed by atoms with Crippen LogP contribution in [0.15, 0.2) is 42.6 Å². The van der Waals surface area contributed by atoms with Gasteiger partial charge in [-0.2, -0.15) is 4.98 Å². The molecule has 2 heterocycles. The van der Waals surface area contributed by atoms with E-state index in [0.29, 0.717) is 16.9 Å². The maximum atomic E-state index is 9.91. The highest BCUT2D eigenvalue weighted by molar-refractivity contribution is 5.90. The molecule has 0 saturated heterocycles. The third-order valence-electron chi connectivity index (χ3n) is 3.81. The molecule has 7 heteroatoms. The van der Waals surface area contributed by atoms with Crippen molar-refractivity contribution in [2.24, 2.45) is 0 Å². The Kier molecular flexibility index (Phi) is 4.54. The monoisotopic (exact) mass is 324 g/mol. The molecule has 1 aromatic carbocycles. The first-order valence-corrected chi connectivity index (χ1v) is 7.68. The Balaban J connectivity index is 1.98. The minimum atomic E-state index is -0.755. The zero-order valence-electron chi connectivity index (χ0n) is 13.6. The van der Waals surface area contributed by atoms with Crippen molar-refractivity contribution in [1.82, 2.24) is 20.3 Å². The lowest BCUT2D eigenvalue weighted by molar-refractivity contribution is 0.149. The lowest BCUT2D eigenvalue weighted by atomic mass is 10.1. The zero-order valence-corrected chi connectivity index (χ0v) is 13.6. The van der Waals surface area contributed by atoms with Crippen LogP contribution >= 0.6 is 0 Å². The van der Waals surface area contributed by atoms with Crippen molar-refractivity contribution >= 4 is 22.7 Å². The number of nitrogens with two attached hydrogens (primary N) is 1. The van der Waals surface area contributed by atoms with Crippen LogP contribution in [0.3, 0.4) is 0 Å². The molecule has 2 unspecified atom stereocenters. The Morgan fingerprint density at radius 1 is 1.17 bits per heavy atom. The number of hydrogen-bond acceptors (Lipinski definition) is 7. The van der Waals surface area contributed by atoms with Crippen LogP contribution in [0, 0.1) is 0 Å². The summed E-state index contributed by atoms with van der Waals surface area (Å²) >= 11 is 0. The first-order chi connectivity index (χ1) is 11.6. The molecule has 5 N–H and O–H groups in total. The molecule has 24 heavy (non-hydrogen) atoms. The summed E-state index contributed by atoms with van der Waals surface area (Å²) in [7, 11) is 1.69. The molecule has 0 bridgehead atoms. The van der Waals surface area contributed by atoms with Crippen molar-refractivity contribution in [2.75, 3.05) is 18.1 Å². The number of hydrogen-bond donors (Lipinski definition) is 4. The fourth-order valence-corrected chi connectivity index (χ4v) is 2.52. The summed E-state index contributed by atoms with van der Waals surface area (Å²) in [6.07, 6.45) is 1.00. The fourth-order valence-electron chi connectivity index (χ4n) is 2.52. The van der Waals surface area contributed by atoms with Crippen molar-refractivity contribution in [3.63, 3.8) is 0 Å². The molecule has 3 rings (SSSR count). The molecule has 0 aliphatic carbocycles. The Morgan fingerprint density at radius 3 is 2.71 bits per heavy atom. The lowest BCUT2D eigenvalue weighted by Gasteiger charge is -2.16. The van der Waals surface area contributed by atoms with Gasteiger partial charge in [0.15, 0.2) is 0 Å². The van der Waals surface area contributed by atoms with E-state index >= 15 is 0 Å². The number of aliphatic hydroxyl groups is 1. The van der Waals surface area contributed by atoms with Crippen LogP contribution in [0.5, 0.6) is 0 Å². The van der Waals surface area contributed by atoms with Gasteiger partial charge in [-0.25, -0.2) is 4.98 Å². The summed E-state index contributed by atoms with van der Waals surface area (Å²) in [5, 5.41) is 16.9. The summed E-state index contributed by atoms with van der Waals surface area (Å²) in [6, 6.07) is 11.2. The van der Waals surface area contributed by atoms with Crippen LogP contribution in [0.2, 0.25) is 0 Å². The number of aliphatic hydroxyl groups excluding tert-OH is 1. The molecule has 3 aromatic rings. The Labute approximate surface area is 140 Å². The first-order valence-electron chi connectivity index (χ1n) is 7.68. The molecule has 0 amide bonds. The zero-order chi connectivity index (χ0) is 17.1. The summed E-state index contributed by atoms with van der Waals surface area (Å²) in [4.78, 5) is 12.9. The topological polar surface area (TPSA) is 109 Å². The van der Waals surface area contributed by atoms with Gasteiger partial charge >= 0.3 is 0 Å². The molecule has 7 nitrogen and oxygen atoms in total. The molecule has 124 valence electrons. The van der Waals surface area contributed by atoms with Gasteiger partial charge in [0.2, 0.25) is 5.95 Å². The number of pyridine rings is 1. The summed E-state index contributed by atoms with van der Waals surface area (Å²) in [6.45, 7) is 2.01. The van der Waals surface area contributed by atoms with Gasteiger partial charge in [0.25, 0.3) is 0 Å². The second-order valence-electron chi connectivity index (χ2n) is 5.52. The number of nitrogens with zero attached hydrogens (tertiary/aromatic N) is 3. The molecule has 0 saturated carbocycles. The van der Waals surface area contributed by atoms with E-state index in [1.54, 1.807) is 19.3 Å². The summed E-state index contributed by atoms with van der Waals surface area (Å²) < 4.78 is 0. The van der Waals surface area contributed by atoms with E-state index in [2.05, 4.69) is 25.6 Å². The molecule has 0 spiro atoms. The van der Waals surface area contributed by atoms with E-state index in [-0.39, 0.29) is 12.0 Å². The number of nitrogens with one attached hydrogen (secondary N) is 2. The molecule has 0 fully saturated rings. The van der Waals surface area contributed by atoms with Gasteiger partial charge in [-0.15, -0.1) is 0 Å². The highest BCUT2D eigenvalue weighted by Gasteiger charge is 2.13. The normalized spacial score (nSPS) is 13.6. The third-order valence-corrected chi connectivity index (χ3v) is 3.81. The number of benzene rings is 1. The summed E-state index contributed by atoms with van der Waals surface area (Å²) in [5.74, 6) is 0.815. The van der Waals surface area contributed by atoms with E-state index in [9.17, 15) is 5.11 Å². The highest BCUT2D eigenvalue weighted by atomic mass is 16.3. The van der Waals surface area contributed by atoms with Crippen molar-refractivity contribution < 1.29 is 5.11 Å². The predicted octanol–water partition coefficient (Wildman–Crippen LogP) is 1.99. The van der Waals surface area contributed by atoms with E-state index in [4.69, 9.17) is 5.73 Å². The number of nitrogen functional groups attached to an aromatic ring is 1. The smallest absolute Gasteiger partial charge is 0.222 e. The van der Waals surface area contributed by atoms with E-state index in [1.807, 2.05) is 37.3 Å². The number of aromatic nitrogens is 3. The van der Waals surface area contributed by atoms with Crippen LogP contribution in [0.1, 0.15) is 30.5 Å². The van der Waals surface area contributed by atoms with E-state index in [1.165, 1.54) is 0 Å². The van der Waals surface area contributed by atoms with Gasteiger partial charge in [0.1, 0.15) is 12.0 Å². The molecular weight excluding hydrogens is 304 g/mol. The lowest BCUT2D eigenvalue weighted by Crippen LogP contribution is -2.15. The maximum Gasteiger partial charge on any atom is 0.222 e. The van der Waals surface area contributed by atoms with Crippen LogP contribution < -0.4 is 16.4 Å². The molecule has 0 aliphatic heterocycles. The van der Waals surface area contributed by atoms with E-state index in [0.717, 1.165) is 11.1 Å². The van der Waals surface area contributed by atoms with Gasteiger partial charge in [-0.1, -0.05) is 12.1 Å². The molecule has 0 aliphatic rings. The molecule has 0 radical (unpaired) electrons. The van der Waals surface area contributed by atoms with Crippen molar-refractivity contribution in [3.8, 4) is 0 Å². The Bertz CT molecular complexity index is 839. The number of rotatable bonds is 5. The van der Waals surface area contributed by atoms with Crippen LogP contribution in [-0.2, 0) is 0 Å². The predicted molar refractivity (Wildman–Crippen MR) is 94.2 cm³/mol. The minimum absolute atomic E-state index is 0.0359. The Hall–Kier alpha value is -2.77. The average Bonchev–Trinajstić information content (AvgIpc) is 2.61. The van der Waals surface area contributed by atoms with Crippen LogP contribution in [-0.4, -0.2) is 27.1 Å². The highest BCUT2D eigenvalue weighted by Crippen LogP contribution is 2.26. The number of fused-ring (bicyclic) bond motifs is 1. The fraction of sp³-hybridized carbons (Fsp3) is 0.235. The average molecular weight is 324 g/mol. The van der Waals surface area contributed by atoms with Crippen molar-refractivity contribution in [3.05, 3.63) is 53.9 Å². The second-order valence-corrected chi connectivity index (χ2v) is 5.52. The van der Waals surface area contributed by atoms with Gasteiger partial charge in [-0.3, -0.25) is 10.3 Å². The second kappa shape index (κ2) is 6.77. The minimum Gasteiger partial charge on any atom is -0.374 e. The van der Waals surface area contributed by atoms with Gasteiger partial charge < -0.3 is 16.2 Å². The van der Waals surface area contributed by atoms with Gasteiger partial charge in [0.05, 0.1) is 17.3 Å². The van der Waals surface area contributed by atoms with Crippen molar-refractivity contribution in [1.29, 1.82) is 0 Å². The summed E-state index contributed by atoms with van der Waals surface area (Å²) in [5.41, 5.74) is 8.14. The molecule has 2 atom stereocenters. The number of anilines is 2. The van der Waals surface area contributed by atoms with Crippen LogP contribution in [0.4, 0.5) is 11.8 Å². The first kappa shape index (κ1) is 16.1. The maximum absolute atomic E-state index is 9.91. The van der Waals surface area contributed by atoms with Crippen molar-refractivity contribution in [2.45, 2.75) is 19.2 Å². The van der Waals surface area contributed by atoms with E-state index < -0.39 is 6.23 Å². The molecular formula is C17H20N6O. The third kappa shape index (κ3) is 3.27. The SMILES string of the molecule is CNC(O)c1ccc2c(NC(C)c3ccccn3)nc(N)nc2c1. The van der Waals surface area contributed by atoms with Crippen LogP contribution in [0.25, 0.3) is 10.9 Å². The molecule has 2 aromatic heterocycles. The Morgan fingerprint density at radius 2 is 2.00 bits per heavy atom. The largest absolute Gasteiger partial charge is 0.374 e. The van der Waals surface area contributed by atoms with Gasteiger partial charge in [0, 0.05) is 11.6 Å². The quantitative estimate of drug-likeness (QED) is 0.531.